The number of hydrogen-bond donors (Lipinski definition) is 0. The number of rotatable bonds is 4. The molecule has 1 saturated carbocycles. The van der Waals surface area contributed by atoms with E-state index in [9.17, 15) is 0 Å². The van der Waals surface area contributed by atoms with Crippen molar-refractivity contribution in [3.05, 3.63) is 47.7 Å². The van der Waals surface area contributed by atoms with Crippen molar-refractivity contribution in [2.75, 3.05) is 5.88 Å². The predicted molar refractivity (Wildman–Crippen MR) is 65.3 cm³/mol. The highest BCUT2D eigenvalue weighted by Gasteiger charge is 2.43. The van der Waals surface area contributed by atoms with E-state index in [-0.39, 0.29) is 0 Å². The van der Waals surface area contributed by atoms with Crippen LogP contribution in [0.25, 0.3) is 0 Å². The lowest BCUT2D eigenvalue weighted by Gasteiger charge is -1.96. The van der Waals surface area contributed by atoms with E-state index in [1.54, 1.807) is 0 Å². The third-order valence-electron chi connectivity index (χ3n) is 3.13. The van der Waals surface area contributed by atoms with Gasteiger partial charge < -0.3 is 4.42 Å². The molecule has 17 heavy (non-hydrogen) atoms. The van der Waals surface area contributed by atoms with Gasteiger partial charge in [-0.25, -0.2) is 0 Å². The topological polar surface area (TPSA) is 38.9 Å². The molecule has 88 valence electrons. The standard InChI is InChI=1S/C13H13ClN2O/c14-7-6-12-15-16-13(17-12)11-8-10(11)9-4-2-1-3-5-9/h1-5,10-11H,6-8H2. The van der Waals surface area contributed by atoms with E-state index >= 15 is 0 Å². The molecule has 1 aromatic carbocycles. The zero-order valence-electron chi connectivity index (χ0n) is 9.34. The lowest BCUT2D eigenvalue weighted by Crippen LogP contribution is -1.84. The zero-order valence-corrected chi connectivity index (χ0v) is 10.1. The van der Waals surface area contributed by atoms with Crippen LogP contribution >= 0.6 is 11.6 Å². The number of benzene rings is 1. The van der Waals surface area contributed by atoms with E-state index in [1.807, 2.05) is 6.07 Å². The highest BCUT2D eigenvalue weighted by atomic mass is 35.5. The Morgan fingerprint density at radius 1 is 1.18 bits per heavy atom. The molecule has 3 nitrogen and oxygen atoms in total. The Morgan fingerprint density at radius 3 is 2.76 bits per heavy atom. The molecule has 1 aromatic heterocycles. The normalized spacial score (nSPS) is 22.6. The lowest BCUT2D eigenvalue weighted by atomic mass is 10.1. The van der Waals surface area contributed by atoms with Crippen LogP contribution in [0.4, 0.5) is 0 Å². The Labute approximate surface area is 105 Å². The highest BCUT2D eigenvalue weighted by Crippen LogP contribution is 2.53. The van der Waals surface area contributed by atoms with Gasteiger partial charge in [0.2, 0.25) is 11.8 Å². The fourth-order valence-corrected chi connectivity index (χ4v) is 2.30. The molecule has 0 bridgehead atoms. The molecule has 0 aliphatic heterocycles. The smallest absolute Gasteiger partial charge is 0.220 e. The summed E-state index contributed by atoms with van der Waals surface area (Å²) >= 11 is 5.64. The summed E-state index contributed by atoms with van der Waals surface area (Å²) in [7, 11) is 0. The minimum absolute atomic E-state index is 0.397. The molecule has 2 aromatic rings. The number of aryl methyl sites for hydroxylation is 1. The molecule has 2 unspecified atom stereocenters. The summed E-state index contributed by atoms with van der Waals surface area (Å²) in [5, 5.41) is 8.09. The first kappa shape index (κ1) is 10.8. The molecular weight excluding hydrogens is 236 g/mol. The van der Waals surface area contributed by atoms with Gasteiger partial charge in [0.15, 0.2) is 0 Å². The zero-order chi connectivity index (χ0) is 11.7. The van der Waals surface area contributed by atoms with Crippen LogP contribution in [0, 0.1) is 0 Å². The van der Waals surface area contributed by atoms with Crippen molar-refractivity contribution in [1.29, 1.82) is 0 Å². The quantitative estimate of drug-likeness (QED) is 0.781. The van der Waals surface area contributed by atoms with E-state index in [4.69, 9.17) is 16.0 Å². The van der Waals surface area contributed by atoms with E-state index in [2.05, 4.69) is 34.5 Å². The second-order valence-corrected chi connectivity index (χ2v) is 4.71. The van der Waals surface area contributed by atoms with Crippen LogP contribution in [0.1, 0.15) is 35.6 Å². The van der Waals surface area contributed by atoms with Crippen LogP contribution in [0.3, 0.4) is 0 Å². The maximum absolute atomic E-state index is 5.64. The minimum Gasteiger partial charge on any atom is -0.425 e. The number of hydrogen-bond acceptors (Lipinski definition) is 3. The van der Waals surface area contributed by atoms with Gasteiger partial charge in [-0.1, -0.05) is 30.3 Å². The largest absolute Gasteiger partial charge is 0.425 e. The van der Waals surface area contributed by atoms with Crippen LogP contribution in [-0.4, -0.2) is 16.1 Å². The molecule has 4 heteroatoms. The fraction of sp³-hybridized carbons (Fsp3) is 0.385. The molecule has 2 atom stereocenters. The van der Waals surface area contributed by atoms with Crippen molar-refractivity contribution >= 4 is 11.6 Å². The average molecular weight is 249 g/mol. The molecule has 1 aliphatic carbocycles. The predicted octanol–water partition coefficient (Wildman–Crippen LogP) is 3.12. The number of halogens is 1. The van der Waals surface area contributed by atoms with Crippen molar-refractivity contribution in [2.45, 2.75) is 24.7 Å². The third-order valence-corrected chi connectivity index (χ3v) is 3.32. The molecule has 0 amide bonds. The Kier molecular flexibility index (Phi) is 2.85. The Bertz CT molecular complexity index is 497. The molecule has 1 fully saturated rings. The second-order valence-electron chi connectivity index (χ2n) is 4.33. The first-order chi connectivity index (χ1) is 8.38. The summed E-state index contributed by atoms with van der Waals surface area (Å²) in [6.45, 7) is 0. The van der Waals surface area contributed by atoms with E-state index in [0.29, 0.717) is 30.0 Å². The van der Waals surface area contributed by atoms with Crippen molar-refractivity contribution in [1.82, 2.24) is 10.2 Å². The molecule has 0 spiro atoms. The van der Waals surface area contributed by atoms with Gasteiger partial charge in [-0.3, -0.25) is 0 Å². The first-order valence-electron chi connectivity index (χ1n) is 5.81. The SMILES string of the molecule is ClCCc1nnc(C2CC2c2ccccc2)o1. The van der Waals surface area contributed by atoms with Crippen molar-refractivity contribution in [3.63, 3.8) is 0 Å². The molecule has 3 rings (SSSR count). The van der Waals surface area contributed by atoms with E-state index in [0.717, 1.165) is 12.3 Å². The Morgan fingerprint density at radius 2 is 2.00 bits per heavy atom. The van der Waals surface area contributed by atoms with Gasteiger partial charge in [-0.2, -0.15) is 0 Å². The summed E-state index contributed by atoms with van der Waals surface area (Å²) in [5.41, 5.74) is 1.36. The van der Waals surface area contributed by atoms with Crippen molar-refractivity contribution < 1.29 is 4.42 Å². The Balaban J connectivity index is 1.71. The van der Waals surface area contributed by atoms with Crippen molar-refractivity contribution in [3.8, 4) is 0 Å². The van der Waals surface area contributed by atoms with Crippen LogP contribution in [0.2, 0.25) is 0 Å². The molecule has 0 N–H and O–H groups in total. The minimum atomic E-state index is 0.397. The average Bonchev–Trinajstić information content (AvgIpc) is 3.04. The summed E-state index contributed by atoms with van der Waals surface area (Å²) in [6, 6.07) is 10.5. The molecular formula is C13H13ClN2O. The van der Waals surface area contributed by atoms with Crippen molar-refractivity contribution in [2.24, 2.45) is 0 Å². The van der Waals surface area contributed by atoms with Gasteiger partial charge in [0.1, 0.15) is 0 Å². The molecule has 0 radical (unpaired) electrons. The number of nitrogens with zero attached hydrogens (tertiary/aromatic N) is 2. The van der Waals surface area contributed by atoms with Gasteiger partial charge in [-0.15, -0.1) is 21.8 Å². The van der Waals surface area contributed by atoms with Crippen LogP contribution < -0.4 is 0 Å². The summed E-state index contributed by atoms with van der Waals surface area (Å²) in [4.78, 5) is 0. The maximum atomic E-state index is 5.64. The summed E-state index contributed by atoms with van der Waals surface area (Å²) in [5.74, 6) is 2.87. The maximum Gasteiger partial charge on any atom is 0.220 e. The second kappa shape index (κ2) is 4.49. The third kappa shape index (κ3) is 2.20. The monoisotopic (exact) mass is 248 g/mol. The Hall–Kier alpha value is -1.35. The highest BCUT2D eigenvalue weighted by molar-refractivity contribution is 6.17. The van der Waals surface area contributed by atoms with Gasteiger partial charge >= 0.3 is 0 Å². The van der Waals surface area contributed by atoms with Gasteiger partial charge in [-0.05, 0) is 17.9 Å². The van der Waals surface area contributed by atoms with Gasteiger partial charge in [0, 0.05) is 18.2 Å². The van der Waals surface area contributed by atoms with E-state index in [1.165, 1.54) is 5.56 Å². The van der Waals surface area contributed by atoms with Gasteiger partial charge in [0.25, 0.3) is 0 Å². The summed E-state index contributed by atoms with van der Waals surface area (Å²) < 4.78 is 5.59. The number of aromatic nitrogens is 2. The molecule has 1 heterocycles. The van der Waals surface area contributed by atoms with Gasteiger partial charge in [0.05, 0.1) is 0 Å². The van der Waals surface area contributed by atoms with Crippen LogP contribution in [0.5, 0.6) is 0 Å². The number of alkyl halides is 1. The summed E-state index contributed by atoms with van der Waals surface area (Å²) in [6.07, 6.45) is 1.75. The van der Waals surface area contributed by atoms with E-state index < -0.39 is 0 Å². The van der Waals surface area contributed by atoms with Crippen LogP contribution in [0.15, 0.2) is 34.7 Å². The lowest BCUT2D eigenvalue weighted by molar-refractivity contribution is 0.454. The fourth-order valence-electron chi connectivity index (χ4n) is 2.13. The van der Waals surface area contributed by atoms with Crippen LogP contribution in [-0.2, 0) is 6.42 Å². The molecule has 1 aliphatic rings. The molecule has 0 saturated heterocycles. The first-order valence-corrected chi connectivity index (χ1v) is 6.35.